The van der Waals surface area contributed by atoms with E-state index in [1.165, 1.54) is 0 Å². The van der Waals surface area contributed by atoms with Crippen LogP contribution < -0.4 is 0 Å². The third-order valence-electron chi connectivity index (χ3n) is 2.56. The zero-order valence-electron chi connectivity index (χ0n) is 10.8. The zero-order valence-corrected chi connectivity index (χ0v) is 12.3. The first kappa shape index (κ1) is 15.3. The van der Waals surface area contributed by atoms with Gasteiger partial charge in [0.2, 0.25) is 0 Å². The largest absolute Gasteiger partial charge is 0.298 e. The maximum atomic E-state index is 8.69. The Balaban J connectivity index is 2.75. The molecule has 0 saturated heterocycles. The van der Waals surface area contributed by atoms with Gasteiger partial charge in [0.15, 0.2) is 0 Å². The van der Waals surface area contributed by atoms with Gasteiger partial charge in [0.1, 0.15) is 0 Å². The van der Waals surface area contributed by atoms with Crippen LogP contribution in [0.25, 0.3) is 0 Å². The van der Waals surface area contributed by atoms with Crippen LogP contribution >= 0.6 is 23.2 Å². The van der Waals surface area contributed by atoms with Crippen LogP contribution in [0.5, 0.6) is 0 Å². The summed E-state index contributed by atoms with van der Waals surface area (Å²) in [5.41, 5.74) is 1.02. The number of nitrogens with zero attached hydrogens (tertiary/aromatic N) is 2. The standard InChI is InChI=1S/C14H18Cl2N2/c1-11(2)9-18(7-3-6-17)10-12-8-13(15)4-5-14(12)16/h4-5,8,11H,3,7,9-10H2,1-2H3. The van der Waals surface area contributed by atoms with E-state index in [-0.39, 0.29) is 0 Å². The van der Waals surface area contributed by atoms with Gasteiger partial charge in [0, 0.05) is 36.1 Å². The molecule has 2 nitrogen and oxygen atoms in total. The molecule has 0 saturated carbocycles. The summed E-state index contributed by atoms with van der Waals surface area (Å²) >= 11 is 12.1. The van der Waals surface area contributed by atoms with Gasteiger partial charge in [-0.2, -0.15) is 5.26 Å². The van der Waals surface area contributed by atoms with Gasteiger partial charge in [0.05, 0.1) is 6.07 Å². The molecule has 0 N–H and O–H groups in total. The van der Waals surface area contributed by atoms with Crippen molar-refractivity contribution in [2.45, 2.75) is 26.8 Å². The van der Waals surface area contributed by atoms with Crippen LogP contribution in [-0.2, 0) is 6.54 Å². The molecule has 0 fully saturated rings. The minimum absolute atomic E-state index is 0.533. The molecule has 4 heteroatoms. The van der Waals surface area contributed by atoms with E-state index in [1.807, 2.05) is 12.1 Å². The first-order chi connectivity index (χ1) is 8.52. The molecule has 0 atom stereocenters. The van der Waals surface area contributed by atoms with Gasteiger partial charge < -0.3 is 0 Å². The Morgan fingerprint density at radius 2 is 2.06 bits per heavy atom. The molecular formula is C14H18Cl2N2. The summed E-state index contributed by atoms with van der Waals surface area (Å²) < 4.78 is 0. The molecule has 0 spiro atoms. The Morgan fingerprint density at radius 3 is 2.67 bits per heavy atom. The Bertz CT molecular complexity index is 424. The average Bonchev–Trinajstić information content (AvgIpc) is 2.30. The zero-order chi connectivity index (χ0) is 13.5. The highest BCUT2D eigenvalue weighted by Crippen LogP contribution is 2.22. The van der Waals surface area contributed by atoms with E-state index in [0.29, 0.717) is 17.4 Å². The molecule has 1 rings (SSSR count). The smallest absolute Gasteiger partial charge is 0.0635 e. The lowest BCUT2D eigenvalue weighted by atomic mass is 10.1. The molecular weight excluding hydrogens is 267 g/mol. The van der Waals surface area contributed by atoms with Crippen molar-refractivity contribution in [3.05, 3.63) is 33.8 Å². The van der Waals surface area contributed by atoms with Crippen LogP contribution in [0, 0.1) is 17.2 Å². The van der Waals surface area contributed by atoms with Crippen LogP contribution in [0.3, 0.4) is 0 Å². The van der Waals surface area contributed by atoms with Gasteiger partial charge in [-0.1, -0.05) is 37.0 Å². The van der Waals surface area contributed by atoms with Gasteiger partial charge in [-0.25, -0.2) is 0 Å². The summed E-state index contributed by atoms with van der Waals surface area (Å²) in [7, 11) is 0. The molecule has 0 radical (unpaired) electrons. The van der Waals surface area contributed by atoms with Gasteiger partial charge in [0.25, 0.3) is 0 Å². The third kappa shape index (κ3) is 5.27. The van der Waals surface area contributed by atoms with E-state index in [4.69, 9.17) is 28.5 Å². The molecule has 98 valence electrons. The van der Waals surface area contributed by atoms with Crippen LogP contribution in [0.1, 0.15) is 25.8 Å². The average molecular weight is 285 g/mol. The number of halogens is 2. The van der Waals surface area contributed by atoms with E-state index in [2.05, 4.69) is 24.8 Å². The second kappa shape index (κ2) is 7.63. The van der Waals surface area contributed by atoms with Gasteiger partial charge in [-0.3, -0.25) is 4.90 Å². The lowest BCUT2D eigenvalue weighted by Gasteiger charge is -2.23. The molecule has 0 aliphatic heterocycles. The highest BCUT2D eigenvalue weighted by Gasteiger charge is 2.10. The predicted octanol–water partition coefficient (Wildman–Crippen LogP) is 4.37. The predicted molar refractivity (Wildman–Crippen MR) is 76.8 cm³/mol. The molecule has 1 aromatic carbocycles. The molecule has 0 aliphatic rings. The first-order valence-electron chi connectivity index (χ1n) is 6.06. The van der Waals surface area contributed by atoms with Crippen molar-refractivity contribution in [3.63, 3.8) is 0 Å². The van der Waals surface area contributed by atoms with Crippen LogP contribution in [0.2, 0.25) is 10.0 Å². The fourth-order valence-corrected chi connectivity index (χ4v) is 2.24. The summed E-state index contributed by atoms with van der Waals surface area (Å²) in [6.45, 7) is 6.78. The second-order valence-corrected chi connectivity index (χ2v) is 5.62. The fourth-order valence-electron chi connectivity index (χ4n) is 1.86. The highest BCUT2D eigenvalue weighted by atomic mass is 35.5. The summed E-state index contributed by atoms with van der Waals surface area (Å²) in [5.74, 6) is 0.557. The molecule has 0 heterocycles. The summed E-state index contributed by atoms with van der Waals surface area (Å²) in [4.78, 5) is 2.24. The Hall–Kier alpha value is -0.750. The second-order valence-electron chi connectivity index (χ2n) is 4.77. The quantitative estimate of drug-likeness (QED) is 0.776. The van der Waals surface area contributed by atoms with Crippen LogP contribution in [0.15, 0.2) is 18.2 Å². The highest BCUT2D eigenvalue weighted by molar-refractivity contribution is 6.33. The number of benzene rings is 1. The monoisotopic (exact) mass is 284 g/mol. The Morgan fingerprint density at radius 1 is 1.33 bits per heavy atom. The number of nitriles is 1. The molecule has 18 heavy (non-hydrogen) atoms. The Labute approximate surface area is 119 Å². The van der Waals surface area contributed by atoms with E-state index >= 15 is 0 Å². The minimum Gasteiger partial charge on any atom is -0.298 e. The number of rotatable bonds is 6. The van der Waals surface area contributed by atoms with Crippen LogP contribution in [0.4, 0.5) is 0 Å². The lowest BCUT2D eigenvalue weighted by Crippen LogP contribution is -2.28. The van der Waals surface area contributed by atoms with Crippen molar-refractivity contribution in [1.82, 2.24) is 4.90 Å². The van der Waals surface area contributed by atoms with E-state index in [1.54, 1.807) is 6.07 Å². The SMILES string of the molecule is CC(C)CN(CCC#N)Cc1cc(Cl)ccc1Cl. The maximum Gasteiger partial charge on any atom is 0.0635 e. The van der Waals surface area contributed by atoms with Crippen molar-refractivity contribution in [3.8, 4) is 6.07 Å². The third-order valence-corrected chi connectivity index (χ3v) is 3.17. The van der Waals surface area contributed by atoms with E-state index < -0.39 is 0 Å². The first-order valence-corrected chi connectivity index (χ1v) is 6.81. The molecule has 0 aromatic heterocycles. The van der Waals surface area contributed by atoms with Crippen LogP contribution in [-0.4, -0.2) is 18.0 Å². The van der Waals surface area contributed by atoms with Crippen molar-refractivity contribution >= 4 is 23.2 Å². The van der Waals surface area contributed by atoms with Gasteiger partial charge >= 0.3 is 0 Å². The maximum absolute atomic E-state index is 8.69. The summed E-state index contributed by atoms with van der Waals surface area (Å²) in [6, 6.07) is 7.68. The topological polar surface area (TPSA) is 27.0 Å². The minimum atomic E-state index is 0.533. The van der Waals surface area contributed by atoms with E-state index in [0.717, 1.165) is 30.2 Å². The van der Waals surface area contributed by atoms with Crippen molar-refractivity contribution in [2.75, 3.05) is 13.1 Å². The molecule has 0 unspecified atom stereocenters. The molecule has 1 aromatic rings. The summed E-state index contributed by atoms with van der Waals surface area (Å²) in [6.07, 6.45) is 0.533. The Kier molecular flexibility index (Phi) is 6.49. The van der Waals surface area contributed by atoms with E-state index in [9.17, 15) is 0 Å². The molecule has 0 aliphatic carbocycles. The fraction of sp³-hybridized carbons (Fsp3) is 0.500. The van der Waals surface area contributed by atoms with Crippen molar-refractivity contribution in [2.24, 2.45) is 5.92 Å². The number of hydrogen-bond acceptors (Lipinski definition) is 2. The molecule has 0 amide bonds. The lowest BCUT2D eigenvalue weighted by molar-refractivity contribution is 0.241. The van der Waals surface area contributed by atoms with Gasteiger partial charge in [-0.15, -0.1) is 0 Å². The van der Waals surface area contributed by atoms with Crippen molar-refractivity contribution < 1.29 is 0 Å². The number of hydrogen-bond donors (Lipinski definition) is 0. The van der Waals surface area contributed by atoms with Gasteiger partial charge in [-0.05, 0) is 29.7 Å². The van der Waals surface area contributed by atoms with Crippen molar-refractivity contribution in [1.29, 1.82) is 5.26 Å². The molecule has 0 bridgehead atoms. The summed E-state index contributed by atoms with van der Waals surface area (Å²) in [5, 5.41) is 10.1. The normalized spacial score (nSPS) is 10.9.